The second-order valence-corrected chi connectivity index (χ2v) is 18.9. The van der Waals surface area contributed by atoms with Gasteiger partial charge >= 0.3 is 6.09 Å². The Morgan fingerprint density at radius 1 is 1.16 bits per heavy atom. The molecule has 15 nitrogen and oxygen atoms in total. The molecule has 4 aliphatic rings. The molecule has 2 aromatic rings. The Morgan fingerprint density at radius 2 is 1.86 bits per heavy atom. The number of sulfonamides is 1. The van der Waals surface area contributed by atoms with Gasteiger partial charge in [0.2, 0.25) is 21.8 Å². The minimum atomic E-state index is -4.07. The van der Waals surface area contributed by atoms with Gasteiger partial charge in [0.1, 0.15) is 35.5 Å². The van der Waals surface area contributed by atoms with Gasteiger partial charge in [-0.2, -0.15) is 0 Å². The maximum absolute atomic E-state index is 14.8. The van der Waals surface area contributed by atoms with E-state index < -0.39 is 98.1 Å². The molecule has 1 saturated heterocycles. The largest absolute Gasteiger partial charge is 0.496 e. The van der Waals surface area contributed by atoms with Gasteiger partial charge in [-0.25, -0.2) is 31.4 Å². The molecule has 2 aliphatic heterocycles. The number of amides is 3. The minimum Gasteiger partial charge on any atom is -0.496 e. The molecule has 1 aromatic heterocycles. The standard InChI is InChI=1S/C39H52F3N5O10S/c1-21-10-8-9-11-23-19-39(23,34(50)46-58(52,53)37(5)13-14-37)45-31(48)28-18-25(56-32-27-16-24(40)17-29(54-7)26(27)12-15-43-32)20-47(28)33(49)30(22(2)55-21)44-35(51)57-36(3,4)38(6,41)42/h9,11-12,15-17,21-23,25,28,30-31,45,48H,8,10,13-14,18-20H2,1-7H3,(H,44,51)(H,46,50). The van der Waals surface area contributed by atoms with Gasteiger partial charge in [-0.15, -0.1) is 0 Å². The molecule has 0 radical (unpaired) electrons. The lowest BCUT2D eigenvalue weighted by Gasteiger charge is -2.36. The number of alkyl carbamates (subject to hydrolysis) is 1. The number of rotatable bonds is 9. The molecule has 19 heteroatoms. The molecular weight excluding hydrogens is 788 g/mol. The Kier molecular flexibility index (Phi) is 11.8. The van der Waals surface area contributed by atoms with Gasteiger partial charge in [0.15, 0.2) is 5.60 Å². The van der Waals surface area contributed by atoms with E-state index in [1.54, 1.807) is 26.0 Å². The van der Waals surface area contributed by atoms with Crippen molar-refractivity contribution in [1.29, 1.82) is 0 Å². The van der Waals surface area contributed by atoms with Gasteiger partial charge in [0, 0.05) is 36.9 Å². The molecule has 8 atom stereocenters. The number of hydrogen-bond acceptors (Lipinski definition) is 12. The third-order valence-corrected chi connectivity index (χ3v) is 14.0. The minimum absolute atomic E-state index is 0.00790. The maximum Gasteiger partial charge on any atom is 0.408 e. The predicted octanol–water partition coefficient (Wildman–Crippen LogP) is 4.07. The average Bonchev–Trinajstić information content (AvgIpc) is 4.01. The fourth-order valence-electron chi connectivity index (χ4n) is 7.37. The zero-order valence-corrected chi connectivity index (χ0v) is 34.3. The average molecular weight is 840 g/mol. The SMILES string of the molecule is COc1cc(F)cc2c(OC3CC4C(O)NC5(C(=O)NS(=O)(=O)C6(C)CC6)CC5C=CCCC(C)OC(C)C(NC(=O)OC(C)(C)C(C)(F)F)C(=O)N4C3)nccc12. The number of nitrogens with one attached hydrogen (secondary N) is 3. The van der Waals surface area contributed by atoms with Gasteiger partial charge in [0.25, 0.3) is 11.8 Å². The van der Waals surface area contributed by atoms with E-state index in [-0.39, 0.29) is 36.4 Å². The van der Waals surface area contributed by atoms with Crippen molar-refractivity contribution in [2.24, 2.45) is 5.92 Å². The van der Waals surface area contributed by atoms with E-state index in [1.807, 2.05) is 6.08 Å². The summed E-state index contributed by atoms with van der Waals surface area (Å²) in [7, 11) is -2.69. The van der Waals surface area contributed by atoms with Gasteiger partial charge < -0.3 is 34.3 Å². The van der Waals surface area contributed by atoms with Crippen molar-refractivity contribution < 1.29 is 60.0 Å². The molecule has 0 bridgehead atoms. The van der Waals surface area contributed by atoms with Crippen LogP contribution < -0.4 is 24.8 Å². The molecule has 3 heterocycles. The summed E-state index contributed by atoms with van der Waals surface area (Å²) in [6.45, 7) is 7.22. The van der Waals surface area contributed by atoms with Crippen LogP contribution in [0.2, 0.25) is 0 Å². The van der Waals surface area contributed by atoms with Crippen molar-refractivity contribution in [3.63, 3.8) is 0 Å². The molecule has 0 spiro atoms. The van der Waals surface area contributed by atoms with Crippen LogP contribution in [-0.2, 0) is 29.1 Å². The summed E-state index contributed by atoms with van der Waals surface area (Å²) in [4.78, 5) is 47.5. The highest BCUT2D eigenvalue weighted by molar-refractivity contribution is 7.91. The van der Waals surface area contributed by atoms with E-state index in [4.69, 9.17) is 18.9 Å². The van der Waals surface area contributed by atoms with Gasteiger partial charge in [-0.1, -0.05) is 12.2 Å². The van der Waals surface area contributed by atoms with Crippen LogP contribution in [0.1, 0.15) is 80.1 Å². The Balaban J connectivity index is 1.36. The first kappa shape index (κ1) is 43.4. The number of aliphatic hydroxyl groups excluding tert-OH is 1. The first-order valence-corrected chi connectivity index (χ1v) is 20.8. The smallest absolute Gasteiger partial charge is 0.408 e. The topological polar surface area (TPSA) is 195 Å². The zero-order chi connectivity index (χ0) is 42.6. The number of aliphatic hydroxyl groups is 1. The number of pyridine rings is 1. The number of fused-ring (bicyclic) bond motifs is 3. The van der Waals surface area contributed by atoms with Crippen molar-refractivity contribution in [2.45, 2.75) is 139 Å². The zero-order valence-electron chi connectivity index (χ0n) is 33.5. The molecule has 8 unspecified atom stereocenters. The summed E-state index contributed by atoms with van der Waals surface area (Å²) >= 11 is 0. The lowest BCUT2D eigenvalue weighted by Crippen LogP contribution is -2.62. The predicted molar refractivity (Wildman–Crippen MR) is 204 cm³/mol. The lowest BCUT2D eigenvalue weighted by atomic mass is 10.0. The number of benzene rings is 1. The summed E-state index contributed by atoms with van der Waals surface area (Å²) in [6, 6.07) is 1.28. The molecule has 4 N–H and O–H groups in total. The third kappa shape index (κ3) is 8.72. The van der Waals surface area contributed by atoms with Crippen molar-refractivity contribution in [1.82, 2.24) is 25.2 Å². The molecular formula is C39H52F3N5O10S. The fourth-order valence-corrected chi connectivity index (χ4v) is 8.68. The van der Waals surface area contributed by atoms with Crippen LogP contribution in [0.25, 0.3) is 10.8 Å². The van der Waals surface area contributed by atoms with Crippen LogP contribution in [0.5, 0.6) is 11.6 Å². The van der Waals surface area contributed by atoms with Crippen LogP contribution in [-0.4, -0.2) is 113 Å². The molecule has 320 valence electrons. The van der Waals surface area contributed by atoms with E-state index in [2.05, 4.69) is 20.3 Å². The van der Waals surface area contributed by atoms with E-state index in [1.165, 1.54) is 37.3 Å². The summed E-state index contributed by atoms with van der Waals surface area (Å²) in [5.41, 5.74) is -3.85. The number of methoxy groups -OCH3 is 1. The summed E-state index contributed by atoms with van der Waals surface area (Å²) in [6.07, 6.45) is 1.22. The quantitative estimate of drug-likeness (QED) is 0.265. The van der Waals surface area contributed by atoms with Crippen molar-refractivity contribution in [3.05, 3.63) is 42.4 Å². The molecule has 58 heavy (non-hydrogen) atoms. The van der Waals surface area contributed by atoms with Crippen LogP contribution >= 0.6 is 0 Å². The number of allylic oxidation sites excluding steroid dienone is 1. The number of aromatic nitrogens is 1. The molecule has 3 fully saturated rings. The number of carbonyl (C=O) groups is 3. The van der Waals surface area contributed by atoms with Crippen molar-refractivity contribution in [3.8, 4) is 11.6 Å². The monoisotopic (exact) mass is 839 g/mol. The highest BCUT2D eigenvalue weighted by Crippen LogP contribution is 2.48. The second kappa shape index (κ2) is 15.8. The number of nitrogens with zero attached hydrogens (tertiary/aromatic N) is 2. The van der Waals surface area contributed by atoms with E-state index in [0.717, 1.165) is 13.8 Å². The summed E-state index contributed by atoms with van der Waals surface area (Å²) in [5.74, 6) is -6.07. The fraction of sp³-hybridized carbons (Fsp3) is 0.641. The van der Waals surface area contributed by atoms with Gasteiger partial charge in [0.05, 0.1) is 42.0 Å². The Labute approximate surface area is 335 Å². The molecule has 1 aromatic carbocycles. The van der Waals surface area contributed by atoms with Crippen LogP contribution in [0, 0.1) is 11.7 Å². The second-order valence-electron chi connectivity index (χ2n) is 16.7. The van der Waals surface area contributed by atoms with E-state index in [9.17, 15) is 41.1 Å². The highest BCUT2D eigenvalue weighted by Gasteiger charge is 2.63. The number of hydrogen-bond donors (Lipinski definition) is 4. The normalized spacial score (nSPS) is 30.3. The summed E-state index contributed by atoms with van der Waals surface area (Å²) in [5, 5.41) is 18.1. The highest BCUT2D eigenvalue weighted by atomic mass is 32.2. The molecule has 2 aliphatic carbocycles. The Hall–Kier alpha value is -4.20. The maximum atomic E-state index is 14.8. The van der Waals surface area contributed by atoms with Crippen LogP contribution in [0.4, 0.5) is 18.0 Å². The van der Waals surface area contributed by atoms with Crippen LogP contribution in [0.15, 0.2) is 36.5 Å². The molecule has 6 rings (SSSR count). The van der Waals surface area contributed by atoms with Crippen molar-refractivity contribution >= 4 is 38.7 Å². The van der Waals surface area contributed by atoms with Gasteiger partial charge in [-0.3, -0.25) is 19.6 Å². The first-order valence-electron chi connectivity index (χ1n) is 19.3. The van der Waals surface area contributed by atoms with Crippen LogP contribution in [0.3, 0.4) is 0 Å². The first-order chi connectivity index (χ1) is 27.0. The molecule has 2 saturated carbocycles. The van der Waals surface area contributed by atoms with Gasteiger partial charge in [-0.05, 0) is 78.9 Å². The number of carbonyl (C=O) groups excluding carboxylic acids is 3. The number of ether oxygens (including phenoxy) is 4. The Bertz CT molecular complexity index is 2060. The van der Waals surface area contributed by atoms with E-state index in [0.29, 0.717) is 38.0 Å². The van der Waals surface area contributed by atoms with E-state index >= 15 is 0 Å². The summed E-state index contributed by atoms with van der Waals surface area (Å²) < 4.78 is 93.9. The Morgan fingerprint density at radius 3 is 2.52 bits per heavy atom. The third-order valence-electron chi connectivity index (χ3n) is 11.8. The van der Waals surface area contributed by atoms with Crippen molar-refractivity contribution in [2.75, 3.05) is 13.7 Å². The number of alkyl halides is 2. The number of halogens is 3. The molecule has 3 amide bonds. The lowest BCUT2D eigenvalue weighted by molar-refractivity contribution is -0.153.